The van der Waals surface area contributed by atoms with Gasteiger partial charge in [-0.2, -0.15) is 0 Å². The summed E-state index contributed by atoms with van der Waals surface area (Å²) < 4.78 is 6.39. The van der Waals surface area contributed by atoms with Crippen LogP contribution in [0.4, 0.5) is 11.4 Å². The van der Waals surface area contributed by atoms with Crippen LogP contribution in [-0.2, 0) is 11.3 Å². The minimum Gasteiger partial charge on any atom is -0.454 e. The molecular weight excluding hydrogens is 367 g/mol. The zero-order valence-corrected chi connectivity index (χ0v) is 13.7. The third-order valence-electron chi connectivity index (χ3n) is 2.92. The Morgan fingerprint density at radius 3 is 2.75 bits per heavy atom. The maximum absolute atomic E-state index is 11.4. The lowest BCUT2D eigenvalue weighted by atomic mass is 10.1. The number of carbonyl (C=O) groups is 1. The third kappa shape index (κ3) is 4.00. The van der Waals surface area contributed by atoms with E-state index in [0.29, 0.717) is 13.0 Å². The molecule has 1 heterocycles. The van der Waals surface area contributed by atoms with Crippen molar-refractivity contribution >= 4 is 39.9 Å². The van der Waals surface area contributed by atoms with Crippen molar-refractivity contribution in [1.29, 1.82) is 0 Å². The monoisotopic (exact) mass is 384 g/mol. The first-order valence-corrected chi connectivity index (χ1v) is 7.55. The predicted molar refractivity (Wildman–Crippen MR) is 88.9 cm³/mol. The Balaban J connectivity index is 2.06. The lowest BCUT2D eigenvalue weighted by Crippen LogP contribution is -2.10. The van der Waals surface area contributed by atoms with Gasteiger partial charge in [0.2, 0.25) is 5.91 Å². The van der Waals surface area contributed by atoms with Gasteiger partial charge in [0, 0.05) is 17.8 Å². The fourth-order valence-electron chi connectivity index (χ4n) is 1.77. The van der Waals surface area contributed by atoms with Crippen molar-refractivity contribution in [2.24, 2.45) is 0 Å². The first-order valence-electron chi connectivity index (χ1n) is 6.47. The second kappa shape index (κ2) is 6.78. The molecule has 0 aliphatic rings. The largest absolute Gasteiger partial charge is 0.454 e. The second-order valence-electron chi connectivity index (χ2n) is 4.49. The Hall–Kier alpha value is -1.50. The van der Waals surface area contributed by atoms with E-state index in [9.17, 15) is 4.79 Å². The van der Waals surface area contributed by atoms with Gasteiger partial charge in [-0.05, 0) is 59.3 Å². The lowest BCUT2D eigenvalue weighted by molar-refractivity contribution is -0.115. The van der Waals surface area contributed by atoms with Gasteiger partial charge in [0.25, 0.3) is 0 Å². The van der Waals surface area contributed by atoms with E-state index in [-0.39, 0.29) is 5.91 Å². The van der Waals surface area contributed by atoms with Gasteiger partial charge in [-0.25, -0.2) is 0 Å². The fraction of sp³-hybridized carbons (Fsp3) is 0.267. The smallest absolute Gasteiger partial charge is 0.224 e. The van der Waals surface area contributed by atoms with Gasteiger partial charge in [0.1, 0.15) is 5.76 Å². The molecule has 0 fully saturated rings. The molecule has 4 nitrogen and oxygen atoms in total. The summed E-state index contributed by atoms with van der Waals surface area (Å²) in [6.45, 7) is 4.48. The van der Waals surface area contributed by atoms with Gasteiger partial charge in [-0.3, -0.25) is 4.79 Å². The number of nitrogens with one attached hydrogen (secondary N) is 2. The third-order valence-corrected chi connectivity index (χ3v) is 3.50. The molecule has 2 aromatic rings. The van der Waals surface area contributed by atoms with Crippen LogP contribution in [0, 0.1) is 10.7 Å². The molecule has 2 rings (SSSR count). The zero-order chi connectivity index (χ0) is 14.5. The van der Waals surface area contributed by atoms with Crippen molar-refractivity contribution in [3.8, 4) is 0 Å². The fourth-order valence-corrected chi connectivity index (χ4v) is 2.23. The molecule has 106 valence electrons. The Kier molecular flexibility index (Phi) is 5.05. The molecule has 0 unspecified atom stereocenters. The second-order valence-corrected chi connectivity index (χ2v) is 5.55. The number of amides is 1. The van der Waals surface area contributed by atoms with Crippen LogP contribution in [0.3, 0.4) is 0 Å². The van der Waals surface area contributed by atoms with Crippen molar-refractivity contribution in [1.82, 2.24) is 0 Å². The molecule has 0 saturated heterocycles. The molecule has 0 atom stereocenters. The van der Waals surface area contributed by atoms with Crippen molar-refractivity contribution in [3.05, 3.63) is 45.4 Å². The van der Waals surface area contributed by atoms with E-state index in [1.807, 2.05) is 44.2 Å². The van der Waals surface area contributed by atoms with Crippen LogP contribution in [0.5, 0.6) is 0 Å². The molecule has 20 heavy (non-hydrogen) atoms. The standard InChI is InChI=1S/C15H17IN2O2/c1-3-15(19)18-11-5-4-10(2)13(8-11)17-9-12-6-7-14(16)20-12/h4-8,17H,3,9H2,1-2H3,(H,18,19). The molecule has 0 aliphatic heterocycles. The zero-order valence-electron chi connectivity index (χ0n) is 11.5. The number of hydrogen-bond donors (Lipinski definition) is 2. The van der Waals surface area contributed by atoms with E-state index in [2.05, 4.69) is 33.2 Å². The van der Waals surface area contributed by atoms with Crippen LogP contribution in [0.15, 0.2) is 34.7 Å². The topological polar surface area (TPSA) is 54.3 Å². The van der Waals surface area contributed by atoms with E-state index < -0.39 is 0 Å². The van der Waals surface area contributed by atoms with Crippen molar-refractivity contribution in [2.75, 3.05) is 10.6 Å². The maximum atomic E-state index is 11.4. The summed E-state index contributed by atoms with van der Waals surface area (Å²) in [6.07, 6.45) is 0.474. The van der Waals surface area contributed by atoms with Gasteiger partial charge < -0.3 is 15.1 Å². The van der Waals surface area contributed by atoms with Crippen LogP contribution >= 0.6 is 22.6 Å². The summed E-state index contributed by atoms with van der Waals surface area (Å²) >= 11 is 2.14. The number of furan rings is 1. The first-order chi connectivity index (χ1) is 9.58. The highest BCUT2D eigenvalue weighted by Crippen LogP contribution is 2.21. The summed E-state index contributed by atoms with van der Waals surface area (Å²) in [5, 5.41) is 6.18. The molecule has 1 amide bonds. The Labute approximate surface area is 132 Å². The number of carbonyl (C=O) groups excluding carboxylic acids is 1. The summed E-state index contributed by atoms with van der Waals surface area (Å²) in [4.78, 5) is 11.4. The Bertz CT molecular complexity index is 608. The highest BCUT2D eigenvalue weighted by Gasteiger charge is 2.04. The van der Waals surface area contributed by atoms with Crippen LogP contribution in [0.25, 0.3) is 0 Å². The highest BCUT2D eigenvalue weighted by atomic mass is 127. The van der Waals surface area contributed by atoms with Gasteiger partial charge in [0.05, 0.1) is 6.54 Å². The minimum absolute atomic E-state index is 0.0143. The lowest BCUT2D eigenvalue weighted by Gasteiger charge is -2.11. The molecule has 0 saturated carbocycles. The number of benzene rings is 1. The van der Waals surface area contributed by atoms with Crippen LogP contribution in [0.1, 0.15) is 24.7 Å². The Morgan fingerprint density at radius 1 is 1.30 bits per heavy atom. The van der Waals surface area contributed by atoms with E-state index in [0.717, 1.165) is 26.5 Å². The number of aryl methyl sites for hydroxylation is 1. The van der Waals surface area contributed by atoms with Crippen molar-refractivity contribution < 1.29 is 9.21 Å². The summed E-state index contributed by atoms with van der Waals surface area (Å²) in [5.74, 6) is 0.900. The molecule has 0 bridgehead atoms. The maximum Gasteiger partial charge on any atom is 0.224 e. The average Bonchev–Trinajstić information content (AvgIpc) is 2.85. The molecule has 5 heteroatoms. The SMILES string of the molecule is CCC(=O)Nc1ccc(C)c(NCc2ccc(I)o2)c1. The molecule has 2 N–H and O–H groups in total. The summed E-state index contributed by atoms with van der Waals surface area (Å²) in [6, 6.07) is 9.72. The minimum atomic E-state index is 0.0143. The van der Waals surface area contributed by atoms with E-state index >= 15 is 0 Å². The van der Waals surface area contributed by atoms with Crippen LogP contribution < -0.4 is 10.6 Å². The van der Waals surface area contributed by atoms with Gasteiger partial charge >= 0.3 is 0 Å². The molecule has 0 radical (unpaired) electrons. The van der Waals surface area contributed by atoms with Crippen LogP contribution in [0.2, 0.25) is 0 Å². The number of halogens is 1. The van der Waals surface area contributed by atoms with E-state index in [1.54, 1.807) is 0 Å². The molecule has 0 spiro atoms. The Morgan fingerprint density at radius 2 is 2.10 bits per heavy atom. The van der Waals surface area contributed by atoms with Crippen LogP contribution in [-0.4, -0.2) is 5.91 Å². The predicted octanol–water partition coefficient (Wildman–Crippen LogP) is 4.15. The van der Waals surface area contributed by atoms with E-state index in [1.165, 1.54) is 0 Å². The van der Waals surface area contributed by atoms with Crippen molar-refractivity contribution in [2.45, 2.75) is 26.8 Å². The van der Waals surface area contributed by atoms with Crippen molar-refractivity contribution in [3.63, 3.8) is 0 Å². The normalized spacial score (nSPS) is 10.3. The first kappa shape index (κ1) is 14.9. The number of hydrogen-bond acceptors (Lipinski definition) is 3. The van der Waals surface area contributed by atoms with Gasteiger partial charge in [0.15, 0.2) is 3.77 Å². The van der Waals surface area contributed by atoms with Gasteiger partial charge in [-0.15, -0.1) is 0 Å². The quantitative estimate of drug-likeness (QED) is 0.762. The average molecular weight is 384 g/mol. The summed E-state index contributed by atoms with van der Waals surface area (Å²) in [7, 11) is 0. The molecule has 1 aromatic carbocycles. The molecule has 0 aliphatic carbocycles. The number of rotatable bonds is 5. The highest BCUT2D eigenvalue weighted by molar-refractivity contribution is 14.1. The number of anilines is 2. The summed E-state index contributed by atoms with van der Waals surface area (Å²) in [5.41, 5.74) is 2.92. The molecule has 1 aromatic heterocycles. The van der Waals surface area contributed by atoms with E-state index in [4.69, 9.17) is 4.42 Å². The van der Waals surface area contributed by atoms with Gasteiger partial charge in [-0.1, -0.05) is 13.0 Å². The molecular formula is C15H17IN2O2.